The lowest BCUT2D eigenvalue weighted by Gasteiger charge is -2.31. The van der Waals surface area contributed by atoms with Gasteiger partial charge in [0.05, 0.1) is 6.61 Å². The predicted octanol–water partition coefficient (Wildman–Crippen LogP) is 2.46. The van der Waals surface area contributed by atoms with Gasteiger partial charge in [-0.15, -0.1) is 11.8 Å². The fourth-order valence-electron chi connectivity index (χ4n) is 2.08. The largest absolute Gasteiger partial charge is 0.395 e. The lowest BCUT2D eigenvalue weighted by molar-refractivity contribution is 0.299. The Morgan fingerprint density at radius 3 is 2.61 bits per heavy atom. The van der Waals surface area contributed by atoms with Gasteiger partial charge in [0.15, 0.2) is 0 Å². The minimum absolute atomic E-state index is 0.160. The molecule has 0 spiro atoms. The zero-order chi connectivity index (χ0) is 13.5. The molecule has 0 saturated heterocycles. The van der Waals surface area contributed by atoms with E-state index in [1.54, 1.807) is 0 Å². The Bertz CT molecular complexity index is 369. The number of nitrogens with zero attached hydrogens (tertiary/aromatic N) is 1. The van der Waals surface area contributed by atoms with Crippen LogP contribution in [-0.4, -0.2) is 30.1 Å². The van der Waals surface area contributed by atoms with Crippen molar-refractivity contribution in [3.8, 4) is 0 Å². The van der Waals surface area contributed by atoms with Crippen LogP contribution >= 0.6 is 11.8 Å². The molecule has 0 aliphatic carbocycles. The zero-order valence-corrected chi connectivity index (χ0v) is 12.3. The van der Waals surface area contributed by atoms with Crippen LogP contribution in [0.2, 0.25) is 0 Å². The molecule has 0 aliphatic heterocycles. The van der Waals surface area contributed by atoms with Gasteiger partial charge in [-0.05, 0) is 31.7 Å². The van der Waals surface area contributed by atoms with E-state index >= 15 is 0 Å². The van der Waals surface area contributed by atoms with E-state index < -0.39 is 0 Å². The molecule has 0 atom stereocenters. The summed E-state index contributed by atoms with van der Waals surface area (Å²) in [7, 11) is 0. The molecular formula is C14H24N2OS. The predicted molar refractivity (Wildman–Crippen MR) is 80.3 cm³/mol. The number of nitrogens with two attached hydrogens (primary N) is 1. The van der Waals surface area contributed by atoms with Crippen LogP contribution in [0, 0.1) is 0 Å². The molecule has 3 nitrogen and oxygen atoms in total. The van der Waals surface area contributed by atoms with Crippen molar-refractivity contribution in [1.82, 2.24) is 0 Å². The molecule has 0 amide bonds. The highest BCUT2D eigenvalue weighted by atomic mass is 32.2. The molecule has 0 heterocycles. The highest BCUT2D eigenvalue weighted by Gasteiger charge is 2.15. The van der Waals surface area contributed by atoms with Gasteiger partial charge in [-0.25, -0.2) is 0 Å². The van der Waals surface area contributed by atoms with Crippen molar-refractivity contribution in [2.45, 2.75) is 38.3 Å². The highest BCUT2D eigenvalue weighted by molar-refractivity contribution is 7.99. The summed E-state index contributed by atoms with van der Waals surface area (Å²) in [6.07, 6.45) is 0. The number of thioether (sulfide) groups is 1. The second-order valence-electron chi connectivity index (χ2n) is 4.40. The summed E-state index contributed by atoms with van der Waals surface area (Å²) in [5.41, 5.74) is 8.25. The summed E-state index contributed by atoms with van der Waals surface area (Å²) in [5, 5.41) is 9.21. The molecule has 0 radical (unpaired) electrons. The number of aliphatic hydroxyl groups excluding tert-OH is 1. The van der Waals surface area contributed by atoms with Crippen LogP contribution in [0.3, 0.4) is 0 Å². The average molecular weight is 268 g/mol. The van der Waals surface area contributed by atoms with Gasteiger partial charge >= 0.3 is 0 Å². The molecule has 0 fully saturated rings. The van der Waals surface area contributed by atoms with Crippen molar-refractivity contribution < 1.29 is 5.11 Å². The van der Waals surface area contributed by atoms with E-state index in [2.05, 4.69) is 43.9 Å². The number of aliphatic hydroxyl groups is 1. The number of rotatable bonds is 7. The van der Waals surface area contributed by atoms with Crippen molar-refractivity contribution >= 4 is 17.4 Å². The summed E-state index contributed by atoms with van der Waals surface area (Å²) in [6, 6.07) is 6.64. The number of benzene rings is 1. The maximum Gasteiger partial charge on any atom is 0.0606 e. The Labute approximate surface area is 114 Å². The molecule has 102 valence electrons. The molecule has 1 rings (SSSR count). The lowest BCUT2D eigenvalue weighted by atomic mass is 10.1. The maximum absolute atomic E-state index is 9.21. The van der Waals surface area contributed by atoms with Crippen LogP contribution in [0.4, 0.5) is 5.69 Å². The summed E-state index contributed by atoms with van der Waals surface area (Å²) in [4.78, 5) is 3.46. The molecule has 0 bridgehead atoms. The zero-order valence-electron chi connectivity index (χ0n) is 11.5. The Morgan fingerprint density at radius 2 is 2.11 bits per heavy atom. The van der Waals surface area contributed by atoms with Gasteiger partial charge in [-0.3, -0.25) is 0 Å². The molecule has 0 saturated carbocycles. The van der Waals surface area contributed by atoms with Gasteiger partial charge in [0.25, 0.3) is 0 Å². The maximum atomic E-state index is 9.21. The van der Waals surface area contributed by atoms with Crippen molar-refractivity contribution in [3.05, 3.63) is 23.8 Å². The fraction of sp³-hybridized carbons (Fsp3) is 0.571. The number of hydrogen-bond acceptors (Lipinski definition) is 4. The molecule has 1 aromatic rings. The Hall–Kier alpha value is -0.710. The SMILES string of the molecule is CCSc1cccc(N(CCO)C(C)C)c1CN. The van der Waals surface area contributed by atoms with Crippen molar-refractivity contribution in [3.63, 3.8) is 0 Å². The first-order chi connectivity index (χ1) is 8.65. The summed E-state index contributed by atoms with van der Waals surface area (Å²) >= 11 is 1.82. The van der Waals surface area contributed by atoms with Gasteiger partial charge in [0.1, 0.15) is 0 Å². The topological polar surface area (TPSA) is 49.5 Å². The first-order valence-electron chi connectivity index (χ1n) is 6.47. The van der Waals surface area contributed by atoms with Gasteiger partial charge < -0.3 is 15.7 Å². The molecule has 4 heteroatoms. The van der Waals surface area contributed by atoms with E-state index in [0.29, 0.717) is 19.1 Å². The normalized spacial score (nSPS) is 11.0. The van der Waals surface area contributed by atoms with E-state index in [1.807, 2.05) is 11.8 Å². The first kappa shape index (κ1) is 15.3. The van der Waals surface area contributed by atoms with Gasteiger partial charge in [-0.1, -0.05) is 13.0 Å². The second-order valence-corrected chi connectivity index (χ2v) is 5.71. The van der Waals surface area contributed by atoms with E-state index in [1.165, 1.54) is 10.5 Å². The van der Waals surface area contributed by atoms with Crippen LogP contribution in [0.15, 0.2) is 23.1 Å². The molecule has 3 N–H and O–H groups in total. The van der Waals surface area contributed by atoms with Crippen LogP contribution in [0.25, 0.3) is 0 Å². The van der Waals surface area contributed by atoms with Gasteiger partial charge in [-0.2, -0.15) is 0 Å². The third-order valence-electron chi connectivity index (χ3n) is 2.89. The molecule has 0 aliphatic rings. The van der Waals surface area contributed by atoms with Crippen LogP contribution in [-0.2, 0) is 6.54 Å². The standard InChI is InChI=1S/C14H24N2OS/c1-4-18-14-7-5-6-13(12(14)10-15)16(8-9-17)11(2)3/h5-7,11,17H,4,8-10,15H2,1-3H3. The summed E-state index contributed by atoms with van der Waals surface area (Å²) < 4.78 is 0. The molecule has 1 aromatic carbocycles. The van der Waals surface area contributed by atoms with Crippen molar-refractivity contribution in [1.29, 1.82) is 0 Å². The van der Waals surface area contributed by atoms with E-state index in [-0.39, 0.29) is 6.61 Å². The van der Waals surface area contributed by atoms with E-state index in [4.69, 9.17) is 5.73 Å². The monoisotopic (exact) mass is 268 g/mol. The Kier molecular flexibility index (Phi) is 6.54. The van der Waals surface area contributed by atoms with Crippen molar-refractivity contribution in [2.24, 2.45) is 5.73 Å². The minimum atomic E-state index is 0.160. The number of anilines is 1. The third-order valence-corrected chi connectivity index (χ3v) is 3.87. The van der Waals surface area contributed by atoms with Crippen LogP contribution in [0.5, 0.6) is 0 Å². The second kappa shape index (κ2) is 7.67. The molecular weight excluding hydrogens is 244 g/mol. The molecule has 0 aromatic heterocycles. The van der Waals surface area contributed by atoms with Gasteiger partial charge in [0.2, 0.25) is 0 Å². The Morgan fingerprint density at radius 1 is 1.39 bits per heavy atom. The van der Waals surface area contributed by atoms with Crippen LogP contribution in [0.1, 0.15) is 26.3 Å². The summed E-state index contributed by atoms with van der Waals surface area (Å²) in [6.45, 7) is 7.75. The quantitative estimate of drug-likeness (QED) is 0.746. The van der Waals surface area contributed by atoms with E-state index in [9.17, 15) is 5.11 Å². The van der Waals surface area contributed by atoms with E-state index in [0.717, 1.165) is 11.4 Å². The number of hydrogen-bond donors (Lipinski definition) is 2. The fourth-order valence-corrected chi connectivity index (χ4v) is 2.93. The Balaban J connectivity index is 3.15. The highest BCUT2D eigenvalue weighted by Crippen LogP contribution is 2.31. The summed E-state index contributed by atoms with van der Waals surface area (Å²) in [5.74, 6) is 1.04. The van der Waals surface area contributed by atoms with Crippen LogP contribution < -0.4 is 10.6 Å². The first-order valence-corrected chi connectivity index (χ1v) is 7.46. The molecule has 0 unspecified atom stereocenters. The molecule has 18 heavy (non-hydrogen) atoms. The van der Waals surface area contributed by atoms with Gasteiger partial charge in [0, 0.05) is 35.3 Å². The van der Waals surface area contributed by atoms with Crippen molar-refractivity contribution in [2.75, 3.05) is 23.8 Å². The smallest absolute Gasteiger partial charge is 0.0606 e. The average Bonchev–Trinajstić information content (AvgIpc) is 2.35. The lowest BCUT2D eigenvalue weighted by Crippen LogP contribution is -2.34. The third kappa shape index (κ3) is 3.64. The minimum Gasteiger partial charge on any atom is -0.395 e.